The summed E-state index contributed by atoms with van der Waals surface area (Å²) >= 11 is 0. The quantitative estimate of drug-likeness (QED) is 0.519. The summed E-state index contributed by atoms with van der Waals surface area (Å²) in [6.07, 6.45) is 1.71. The highest BCUT2D eigenvalue weighted by Crippen LogP contribution is 2.30. The fourth-order valence-corrected chi connectivity index (χ4v) is 4.89. The normalized spacial score (nSPS) is 15.4. The van der Waals surface area contributed by atoms with Gasteiger partial charge in [-0.1, -0.05) is 32.9 Å². The fraction of sp³-hybridized carbons (Fsp3) is 0.480. The number of hydrogen-bond donors (Lipinski definition) is 3. The topological polar surface area (TPSA) is 90.5 Å². The number of piperazine rings is 1. The molecule has 3 N–H and O–H groups in total. The summed E-state index contributed by atoms with van der Waals surface area (Å²) in [4.78, 5) is 15.0. The molecule has 33 heavy (non-hydrogen) atoms. The van der Waals surface area contributed by atoms with Crippen molar-refractivity contribution >= 4 is 27.3 Å². The molecule has 0 aromatic heterocycles. The van der Waals surface area contributed by atoms with E-state index in [1.165, 1.54) is 0 Å². The van der Waals surface area contributed by atoms with Gasteiger partial charge in [0.05, 0.1) is 16.3 Å². The van der Waals surface area contributed by atoms with Crippen LogP contribution in [0.15, 0.2) is 47.4 Å². The van der Waals surface area contributed by atoms with Gasteiger partial charge in [-0.2, -0.15) is 0 Å². The molecule has 1 aliphatic rings. The molecule has 1 atom stereocenters. The zero-order chi connectivity index (χ0) is 24.0. The van der Waals surface area contributed by atoms with Gasteiger partial charge in [-0.3, -0.25) is 9.52 Å². The lowest BCUT2D eigenvalue weighted by atomic mass is 10.0. The summed E-state index contributed by atoms with van der Waals surface area (Å²) in [5.74, 6) is 0.284. The molecule has 1 unspecified atom stereocenters. The van der Waals surface area contributed by atoms with Gasteiger partial charge in [0.25, 0.3) is 15.9 Å². The first-order chi connectivity index (χ1) is 15.7. The highest BCUT2D eigenvalue weighted by Gasteiger charge is 2.22. The van der Waals surface area contributed by atoms with Gasteiger partial charge in [0.1, 0.15) is 0 Å². The van der Waals surface area contributed by atoms with Gasteiger partial charge in [0.2, 0.25) is 0 Å². The molecule has 3 rings (SSSR count). The molecule has 8 heteroatoms. The maximum Gasteiger partial charge on any atom is 0.261 e. The van der Waals surface area contributed by atoms with E-state index in [2.05, 4.69) is 34.1 Å². The van der Waals surface area contributed by atoms with Crippen LogP contribution in [0.5, 0.6) is 0 Å². The molecule has 0 spiro atoms. The number of sulfonamides is 1. The Balaban J connectivity index is 1.92. The first-order valence-electron chi connectivity index (χ1n) is 11.7. The second-order valence-electron chi connectivity index (χ2n) is 9.10. The third-order valence-electron chi connectivity index (χ3n) is 5.83. The molecular weight excluding hydrogens is 436 g/mol. The molecule has 2 aromatic carbocycles. The highest BCUT2D eigenvalue weighted by atomic mass is 32.2. The zero-order valence-electron chi connectivity index (χ0n) is 20.0. The molecule has 1 saturated heterocycles. The summed E-state index contributed by atoms with van der Waals surface area (Å²) in [6.45, 7) is 11.4. The van der Waals surface area contributed by atoms with Crippen molar-refractivity contribution in [1.29, 1.82) is 0 Å². The smallest absolute Gasteiger partial charge is 0.261 e. The summed E-state index contributed by atoms with van der Waals surface area (Å²) < 4.78 is 29.2. The van der Waals surface area contributed by atoms with Crippen LogP contribution in [0.2, 0.25) is 0 Å². The zero-order valence-corrected chi connectivity index (χ0v) is 20.8. The van der Waals surface area contributed by atoms with Crippen LogP contribution in [-0.4, -0.2) is 46.5 Å². The van der Waals surface area contributed by atoms with Gasteiger partial charge >= 0.3 is 0 Å². The van der Waals surface area contributed by atoms with Crippen molar-refractivity contribution in [2.24, 2.45) is 5.92 Å². The highest BCUT2D eigenvalue weighted by molar-refractivity contribution is 7.92. The van der Waals surface area contributed by atoms with Crippen molar-refractivity contribution in [2.45, 2.75) is 51.5 Å². The van der Waals surface area contributed by atoms with Crippen molar-refractivity contribution in [2.75, 3.05) is 35.8 Å². The summed E-state index contributed by atoms with van der Waals surface area (Å²) in [6, 6.07) is 12.3. The van der Waals surface area contributed by atoms with E-state index in [9.17, 15) is 13.2 Å². The summed E-state index contributed by atoms with van der Waals surface area (Å²) in [5.41, 5.74) is 2.73. The lowest BCUT2D eigenvalue weighted by Gasteiger charge is -2.31. The van der Waals surface area contributed by atoms with Crippen molar-refractivity contribution in [3.63, 3.8) is 0 Å². The minimum atomic E-state index is -3.81. The van der Waals surface area contributed by atoms with Crippen LogP contribution < -0.4 is 20.3 Å². The van der Waals surface area contributed by atoms with Gasteiger partial charge in [0.15, 0.2) is 0 Å². The van der Waals surface area contributed by atoms with Crippen LogP contribution in [0, 0.1) is 5.92 Å². The van der Waals surface area contributed by atoms with Crippen molar-refractivity contribution in [3.05, 3.63) is 53.6 Å². The van der Waals surface area contributed by atoms with Crippen molar-refractivity contribution in [3.8, 4) is 0 Å². The van der Waals surface area contributed by atoms with Crippen molar-refractivity contribution < 1.29 is 13.2 Å². The van der Waals surface area contributed by atoms with E-state index < -0.39 is 10.0 Å². The Morgan fingerprint density at radius 2 is 1.73 bits per heavy atom. The second-order valence-corrected chi connectivity index (χ2v) is 10.8. The molecule has 1 fully saturated rings. The lowest BCUT2D eigenvalue weighted by molar-refractivity contribution is 0.0939. The SMILES string of the molecule is CCC(C)NC(=O)c1ccc(N2CCNCC2)c(NS(=O)(=O)c2ccc(CC(C)C)cc2)c1. The number of carbonyl (C=O) groups is 1. The van der Waals surface area contributed by atoms with Gasteiger partial charge in [-0.25, -0.2) is 8.42 Å². The van der Waals surface area contributed by atoms with Crippen LogP contribution in [0.4, 0.5) is 11.4 Å². The van der Waals surface area contributed by atoms with Crippen molar-refractivity contribution in [1.82, 2.24) is 10.6 Å². The van der Waals surface area contributed by atoms with Gasteiger partial charge in [-0.05, 0) is 61.6 Å². The number of nitrogens with one attached hydrogen (secondary N) is 3. The van der Waals surface area contributed by atoms with Crippen LogP contribution >= 0.6 is 0 Å². The Morgan fingerprint density at radius 3 is 2.33 bits per heavy atom. The molecule has 180 valence electrons. The van der Waals surface area contributed by atoms with E-state index in [-0.39, 0.29) is 16.8 Å². The molecule has 1 aliphatic heterocycles. The molecule has 1 amide bonds. The molecule has 7 nitrogen and oxygen atoms in total. The number of benzene rings is 2. The molecule has 0 saturated carbocycles. The molecule has 1 heterocycles. The Kier molecular flexibility index (Phi) is 8.37. The third kappa shape index (κ3) is 6.71. The van der Waals surface area contributed by atoms with Crippen LogP contribution in [0.1, 0.15) is 50.0 Å². The number of hydrogen-bond acceptors (Lipinski definition) is 5. The Hall–Kier alpha value is -2.58. The van der Waals surface area contributed by atoms with E-state index >= 15 is 0 Å². The Bertz CT molecular complexity index is 1050. The lowest BCUT2D eigenvalue weighted by Crippen LogP contribution is -2.43. The molecule has 2 aromatic rings. The Labute approximate surface area is 198 Å². The maximum atomic E-state index is 13.2. The van der Waals surface area contributed by atoms with Gasteiger partial charge in [-0.15, -0.1) is 0 Å². The van der Waals surface area contributed by atoms with E-state index in [0.29, 0.717) is 17.2 Å². The summed E-state index contributed by atoms with van der Waals surface area (Å²) in [7, 11) is -3.81. The molecule has 0 radical (unpaired) electrons. The number of nitrogens with zero attached hydrogens (tertiary/aromatic N) is 1. The number of amides is 1. The van der Waals surface area contributed by atoms with Gasteiger partial charge < -0.3 is 15.5 Å². The van der Waals surface area contributed by atoms with E-state index in [1.807, 2.05) is 32.0 Å². The Morgan fingerprint density at radius 1 is 1.06 bits per heavy atom. The molecular formula is C25H36N4O3S. The maximum absolute atomic E-state index is 13.2. The van der Waals surface area contributed by atoms with Crippen LogP contribution in [0.3, 0.4) is 0 Å². The molecule has 0 aliphatic carbocycles. The summed E-state index contributed by atoms with van der Waals surface area (Å²) in [5, 5.41) is 6.26. The first-order valence-corrected chi connectivity index (χ1v) is 13.2. The predicted molar refractivity (Wildman–Crippen MR) is 135 cm³/mol. The van der Waals surface area contributed by atoms with E-state index in [4.69, 9.17) is 0 Å². The van der Waals surface area contributed by atoms with Crippen LogP contribution in [0.25, 0.3) is 0 Å². The predicted octanol–water partition coefficient (Wildman–Crippen LogP) is 3.62. The van der Waals surface area contributed by atoms with E-state index in [1.54, 1.807) is 24.3 Å². The average Bonchev–Trinajstić information content (AvgIpc) is 2.79. The largest absolute Gasteiger partial charge is 0.367 e. The number of anilines is 2. The van der Waals surface area contributed by atoms with E-state index in [0.717, 1.165) is 50.3 Å². The fourth-order valence-electron chi connectivity index (χ4n) is 3.83. The monoisotopic (exact) mass is 472 g/mol. The number of carbonyl (C=O) groups excluding carboxylic acids is 1. The third-order valence-corrected chi connectivity index (χ3v) is 7.21. The first kappa shape index (κ1) is 25.1. The number of rotatable bonds is 9. The second kappa shape index (κ2) is 11.0. The average molecular weight is 473 g/mol. The molecule has 0 bridgehead atoms. The minimum Gasteiger partial charge on any atom is -0.367 e. The minimum absolute atomic E-state index is 0.0369. The van der Waals surface area contributed by atoms with Crippen LogP contribution in [-0.2, 0) is 16.4 Å². The standard InChI is InChI=1S/C25H36N4O3S/c1-5-19(4)27-25(30)21-8-11-24(29-14-12-26-13-15-29)23(17-21)28-33(31,32)22-9-6-20(7-10-22)16-18(2)3/h6-11,17-19,26,28H,5,12-16H2,1-4H3,(H,27,30). The van der Waals surface area contributed by atoms with Gasteiger partial charge in [0, 0.05) is 37.8 Å².